The largest absolute Gasteiger partial charge is 0.372 e. The molecular formula is C19H18FN3O. The van der Waals surface area contributed by atoms with Gasteiger partial charge in [-0.2, -0.15) is 5.26 Å². The lowest BCUT2D eigenvalue weighted by Crippen LogP contribution is -2.33. The zero-order valence-corrected chi connectivity index (χ0v) is 13.4. The Balaban J connectivity index is 1.70. The van der Waals surface area contributed by atoms with Gasteiger partial charge in [0.05, 0.1) is 5.69 Å². The van der Waals surface area contributed by atoms with Crippen molar-refractivity contribution in [2.45, 2.75) is 25.9 Å². The molecule has 1 aliphatic rings. The van der Waals surface area contributed by atoms with Crippen molar-refractivity contribution in [2.75, 3.05) is 11.9 Å². The summed E-state index contributed by atoms with van der Waals surface area (Å²) < 4.78 is 13.7. The first kappa shape index (κ1) is 16.0. The normalized spacial score (nSPS) is 17.0. The predicted molar refractivity (Wildman–Crippen MR) is 89.7 cm³/mol. The van der Waals surface area contributed by atoms with Crippen LogP contribution in [0.4, 0.5) is 10.1 Å². The molecule has 1 atom stereocenters. The van der Waals surface area contributed by atoms with Gasteiger partial charge < -0.3 is 10.2 Å². The minimum atomic E-state index is -0.579. The number of aryl methyl sites for hydroxylation is 1. The lowest BCUT2D eigenvalue weighted by Gasteiger charge is -2.18. The van der Waals surface area contributed by atoms with Crippen molar-refractivity contribution >= 4 is 11.6 Å². The van der Waals surface area contributed by atoms with Crippen molar-refractivity contribution < 1.29 is 9.18 Å². The first-order chi connectivity index (χ1) is 11.6. The van der Waals surface area contributed by atoms with Gasteiger partial charge in [-0.15, -0.1) is 0 Å². The van der Waals surface area contributed by atoms with E-state index >= 15 is 0 Å². The molecule has 0 spiro atoms. The molecule has 5 heteroatoms. The van der Waals surface area contributed by atoms with Crippen molar-refractivity contribution in [1.29, 1.82) is 5.26 Å². The molecule has 0 radical (unpaired) electrons. The third-order valence-corrected chi connectivity index (χ3v) is 4.25. The van der Waals surface area contributed by atoms with Gasteiger partial charge in [0.25, 0.3) is 0 Å². The molecule has 1 saturated heterocycles. The number of carbonyl (C=O) groups excluding carboxylic acids is 1. The molecule has 0 aliphatic carbocycles. The average Bonchev–Trinajstić information content (AvgIpc) is 2.90. The number of benzene rings is 2. The van der Waals surface area contributed by atoms with Gasteiger partial charge in [-0.1, -0.05) is 35.9 Å². The van der Waals surface area contributed by atoms with Crippen LogP contribution < -0.4 is 5.32 Å². The number of carbonyl (C=O) groups is 1. The summed E-state index contributed by atoms with van der Waals surface area (Å²) >= 11 is 0. The number of rotatable bonds is 4. The number of anilines is 1. The SMILES string of the molecule is Cc1ccc(CN2CCC(Nc3cccc(F)c3C#N)C2=O)cc1. The second kappa shape index (κ2) is 6.71. The molecule has 1 unspecified atom stereocenters. The molecule has 1 heterocycles. The number of nitrogens with zero attached hydrogens (tertiary/aromatic N) is 2. The van der Waals surface area contributed by atoms with E-state index in [1.54, 1.807) is 11.0 Å². The second-order valence-electron chi connectivity index (χ2n) is 6.01. The van der Waals surface area contributed by atoms with E-state index < -0.39 is 11.9 Å². The van der Waals surface area contributed by atoms with Crippen molar-refractivity contribution in [3.63, 3.8) is 0 Å². The lowest BCUT2D eigenvalue weighted by molar-refractivity contribution is -0.128. The fourth-order valence-corrected chi connectivity index (χ4v) is 2.89. The van der Waals surface area contributed by atoms with E-state index in [1.165, 1.54) is 17.7 Å². The summed E-state index contributed by atoms with van der Waals surface area (Å²) in [5, 5.41) is 12.1. The van der Waals surface area contributed by atoms with E-state index in [4.69, 9.17) is 5.26 Å². The Kier molecular flexibility index (Phi) is 4.48. The number of hydrogen-bond acceptors (Lipinski definition) is 3. The van der Waals surface area contributed by atoms with Crippen LogP contribution in [0.15, 0.2) is 42.5 Å². The molecule has 1 N–H and O–H groups in total. The van der Waals surface area contributed by atoms with Crippen LogP contribution in [0.25, 0.3) is 0 Å². The highest BCUT2D eigenvalue weighted by Crippen LogP contribution is 2.23. The molecule has 2 aromatic carbocycles. The van der Waals surface area contributed by atoms with Gasteiger partial charge in [0.1, 0.15) is 23.5 Å². The van der Waals surface area contributed by atoms with Crippen molar-refractivity contribution in [3.05, 3.63) is 65.0 Å². The van der Waals surface area contributed by atoms with E-state index in [2.05, 4.69) is 5.32 Å². The maximum absolute atomic E-state index is 13.7. The summed E-state index contributed by atoms with van der Waals surface area (Å²) in [7, 11) is 0. The maximum atomic E-state index is 13.7. The van der Waals surface area contributed by atoms with Crippen molar-refractivity contribution in [2.24, 2.45) is 0 Å². The standard InChI is InChI=1S/C19H18FN3O/c1-13-5-7-14(8-6-13)12-23-10-9-18(19(23)24)22-17-4-2-3-16(20)15(17)11-21/h2-8,18,22H,9-10,12H2,1H3. The van der Waals surface area contributed by atoms with Gasteiger partial charge in [-0.25, -0.2) is 4.39 Å². The van der Waals surface area contributed by atoms with E-state index in [0.29, 0.717) is 25.2 Å². The fraction of sp³-hybridized carbons (Fsp3) is 0.263. The number of nitriles is 1. The first-order valence-electron chi connectivity index (χ1n) is 7.88. The molecule has 0 bridgehead atoms. The topological polar surface area (TPSA) is 56.1 Å². The molecule has 0 aromatic heterocycles. The Labute approximate surface area is 140 Å². The molecule has 4 nitrogen and oxygen atoms in total. The number of amides is 1. The van der Waals surface area contributed by atoms with Crippen LogP contribution >= 0.6 is 0 Å². The van der Waals surface area contributed by atoms with E-state index in [1.807, 2.05) is 37.3 Å². The van der Waals surface area contributed by atoms with E-state index in [9.17, 15) is 9.18 Å². The van der Waals surface area contributed by atoms with Crippen LogP contribution in [0.5, 0.6) is 0 Å². The smallest absolute Gasteiger partial charge is 0.245 e. The summed E-state index contributed by atoms with van der Waals surface area (Å²) in [6.07, 6.45) is 0.631. The molecule has 3 rings (SSSR count). The molecule has 1 fully saturated rings. The van der Waals surface area contributed by atoms with Gasteiger partial charge in [0.15, 0.2) is 0 Å². The Morgan fingerprint density at radius 1 is 1.29 bits per heavy atom. The van der Waals surface area contributed by atoms with Gasteiger partial charge in [-0.3, -0.25) is 4.79 Å². The highest BCUT2D eigenvalue weighted by molar-refractivity contribution is 5.87. The minimum absolute atomic E-state index is 0.0243. The minimum Gasteiger partial charge on any atom is -0.372 e. The summed E-state index contributed by atoms with van der Waals surface area (Å²) in [5.74, 6) is -0.604. The van der Waals surface area contributed by atoms with Crippen molar-refractivity contribution in [1.82, 2.24) is 4.90 Å². The monoisotopic (exact) mass is 323 g/mol. The number of hydrogen-bond donors (Lipinski definition) is 1. The van der Waals surface area contributed by atoms with Gasteiger partial charge in [0.2, 0.25) is 5.91 Å². The number of nitrogens with one attached hydrogen (secondary N) is 1. The zero-order valence-electron chi connectivity index (χ0n) is 13.4. The highest BCUT2D eigenvalue weighted by Gasteiger charge is 2.32. The summed E-state index contributed by atoms with van der Waals surface area (Å²) in [4.78, 5) is 14.3. The number of halogens is 1. The van der Waals surface area contributed by atoms with Crippen molar-refractivity contribution in [3.8, 4) is 6.07 Å². The van der Waals surface area contributed by atoms with Gasteiger partial charge >= 0.3 is 0 Å². The molecule has 1 aliphatic heterocycles. The Morgan fingerprint density at radius 3 is 2.75 bits per heavy atom. The number of likely N-dealkylation sites (tertiary alicyclic amines) is 1. The maximum Gasteiger partial charge on any atom is 0.245 e. The Morgan fingerprint density at radius 2 is 2.04 bits per heavy atom. The van der Waals surface area contributed by atoms with Gasteiger partial charge in [0, 0.05) is 13.1 Å². The zero-order chi connectivity index (χ0) is 17.1. The van der Waals surface area contributed by atoms with Crippen LogP contribution in [0.2, 0.25) is 0 Å². The van der Waals surface area contributed by atoms with Crippen LogP contribution in [0.1, 0.15) is 23.1 Å². The first-order valence-corrected chi connectivity index (χ1v) is 7.88. The lowest BCUT2D eigenvalue weighted by atomic mass is 10.1. The quantitative estimate of drug-likeness (QED) is 0.940. The van der Waals surface area contributed by atoms with Crippen LogP contribution in [0.3, 0.4) is 0 Å². The fourth-order valence-electron chi connectivity index (χ4n) is 2.89. The van der Waals surface area contributed by atoms with Gasteiger partial charge in [-0.05, 0) is 31.0 Å². The molecule has 122 valence electrons. The van der Waals surface area contributed by atoms with Crippen LogP contribution in [-0.4, -0.2) is 23.4 Å². The van der Waals surface area contributed by atoms with Crippen LogP contribution in [0, 0.1) is 24.1 Å². The Bertz CT molecular complexity index is 795. The van der Waals surface area contributed by atoms with Crippen LogP contribution in [-0.2, 0) is 11.3 Å². The summed E-state index contributed by atoms with van der Waals surface area (Å²) in [6.45, 7) is 3.23. The third kappa shape index (κ3) is 3.23. The Hall–Kier alpha value is -2.87. The molecule has 0 saturated carbocycles. The third-order valence-electron chi connectivity index (χ3n) is 4.25. The average molecular weight is 323 g/mol. The molecule has 1 amide bonds. The molecule has 2 aromatic rings. The summed E-state index contributed by atoms with van der Waals surface area (Å²) in [5.41, 5.74) is 2.58. The summed E-state index contributed by atoms with van der Waals surface area (Å²) in [6, 6.07) is 13.9. The van der Waals surface area contributed by atoms with E-state index in [0.717, 1.165) is 5.56 Å². The predicted octanol–water partition coefficient (Wildman–Crippen LogP) is 3.22. The second-order valence-corrected chi connectivity index (χ2v) is 6.01. The highest BCUT2D eigenvalue weighted by atomic mass is 19.1. The molecular weight excluding hydrogens is 305 g/mol. The van der Waals surface area contributed by atoms with E-state index in [-0.39, 0.29) is 11.5 Å². The molecule has 24 heavy (non-hydrogen) atoms.